The predicted octanol–water partition coefficient (Wildman–Crippen LogP) is 3.52. The molecule has 0 saturated heterocycles. The number of aromatic nitrogens is 2. The molecule has 0 bridgehead atoms. The lowest BCUT2D eigenvalue weighted by Gasteiger charge is -2.22. The zero-order chi connectivity index (χ0) is 19.6. The SMILES string of the molecule is C/C(=C(\CCO)SSCc1ccccc1)N(C=O)Cc1cnc(C)nc1N. The molecule has 8 heteroatoms. The van der Waals surface area contributed by atoms with Gasteiger partial charge in [0.1, 0.15) is 11.6 Å². The number of rotatable bonds is 10. The zero-order valence-corrected chi connectivity index (χ0v) is 17.1. The van der Waals surface area contributed by atoms with E-state index in [1.807, 2.05) is 25.1 Å². The number of nitrogens with zero attached hydrogens (tertiary/aromatic N) is 3. The first-order valence-electron chi connectivity index (χ1n) is 8.49. The van der Waals surface area contributed by atoms with Gasteiger partial charge in [-0.1, -0.05) is 51.9 Å². The molecule has 2 rings (SSSR count). The average Bonchev–Trinajstić information content (AvgIpc) is 2.67. The van der Waals surface area contributed by atoms with Crippen molar-refractivity contribution in [1.29, 1.82) is 0 Å². The molecule has 0 atom stereocenters. The minimum Gasteiger partial charge on any atom is -0.396 e. The molecule has 0 fully saturated rings. The Hall–Kier alpha value is -2.03. The molecule has 6 nitrogen and oxygen atoms in total. The number of benzene rings is 1. The molecule has 3 N–H and O–H groups in total. The van der Waals surface area contributed by atoms with E-state index in [0.717, 1.165) is 22.8 Å². The number of amides is 1. The van der Waals surface area contributed by atoms with E-state index in [4.69, 9.17) is 5.73 Å². The van der Waals surface area contributed by atoms with Crippen LogP contribution in [-0.2, 0) is 17.1 Å². The molecule has 0 aliphatic carbocycles. The van der Waals surface area contributed by atoms with Crippen LogP contribution in [-0.4, -0.2) is 33.0 Å². The summed E-state index contributed by atoms with van der Waals surface area (Å²) in [6.07, 6.45) is 2.90. The second kappa shape index (κ2) is 11.0. The molecule has 0 aliphatic rings. The highest BCUT2D eigenvalue weighted by molar-refractivity contribution is 8.77. The lowest BCUT2D eigenvalue weighted by molar-refractivity contribution is -0.116. The topological polar surface area (TPSA) is 92.3 Å². The molecule has 144 valence electrons. The van der Waals surface area contributed by atoms with Gasteiger partial charge in [-0.15, -0.1) is 0 Å². The monoisotopic (exact) mass is 404 g/mol. The standard InChI is InChI=1S/C19H24N4O2S2/c1-14(23(13-25)11-17-10-21-15(2)22-19(17)20)18(8-9-24)27-26-12-16-6-4-3-5-7-16/h3-7,10,13,24H,8-9,11-12H2,1-2H3,(H2,20,21,22)/b18-14-. The average molecular weight is 405 g/mol. The number of carbonyl (C=O) groups is 1. The van der Waals surface area contributed by atoms with Crippen LogP contribution < -0.4 is 5.73 Å². The number of anilines is 1. The van der Waals surface area contributed by atoms with Gasteiger partial charge in [-0.2, -0.15) is 0 Å². The van der Waals surface area contributed by atoms with Crippen molar-refractivity contribution >= 4 is 33.8 Å². The zero-order valence-electron chi connectivity index (χ0n) is 15.5. The van der Waals surface area contributed by atoms with E-state index in [1.54, 1.807) is 39.6 Å². The van der Waals surface area contributed by atoms with Crippen LogP contribution in [0.4, 0.5) is 5.82 Å². The molecule has 1 amide bonds. The Balaban J connectivity index is 2.10. The number of hydrogen-bond acceptors (Lipinski definition) is 7. The molecule has 0 saturated carbocycles. The van der Waals surface area contributed by atoms with Gasteiger partial charge in [0.15, 0.2) is 0 Å². The highest BCUT2D eigenvalue weighted by atomic mass is 33.1. The third-order valence-corrected chi connectivity index (χ3v) is 6.47. The van der Waals surface area contributed by atoms with Gasteiger partial charge in [-0.25, -0.2) is 9.97 Å². The molecule has 1 heterocycles. The van der Waals surface area contributed by atoms with Crippen LogP contribution in [0.1, 0.15) is 30.3 Å². The van der Waals surface area contributed by atoms with Crippen molar-refractivity contribution in [2.75, 3.05) is 12.3 Å². The molecule has 0 unspecified atom stereocenters. The Bertz CT molecular complexity index is 785. The number of carbonyl (C=O) groups excluding carboxylic acids is 1. The number of hydrogen-bond donors (Lipinski definition) is 2. The summed E-state index contributed by atoms with van der Waals surface area (Å²) in [6.45, 7) is 3.96. The van der Waals surface area contributed by atoms with Crippen LogP contribution in [0, 0.1) is 6.92 Å². The number of aryl methyl sites for hydroxylation is 1. The minimum atomic E-state index is 0.0219. The lowest BCUT2D eigenvalue weighted by Crippen LogP contribution is -2.21. The third kappa shape index (κ3) is 6.57. The maximum absolute atomic E-state index is 11.7. The second-order valence-corrected chi connectivity index (χ2v) is 8.27. The summed E-state index contributed by atoms with van der Waals surface area (Å²) in [4.78, 5) is 22.5. The Labute approximate surface area is 167 Å². The van der Waals surface area contributed by atoms with Gasteiger partial charge >= 0.3 is 0 Å². The Morgan fingerprint density at radius 2 is 2.07 bits per heavy atom. The summed E-state index contributed by atoms with van der Waals surface area (Å²) in [5, 5.41) is 9.42. The molecule has 1 aromatic heterocycles. The highest BCUT2D eigenvalue weighted by Gasteiger charge is 2.14. The molecule has 2 aromatic rings. The summed E-state index contributed by atoms with van der Waals surface area (Å²) in [7, 11) is 3.26. The van der Waals surface area contributed by atoms with Gasteiger partial charge in [-0.05, 0) is 19.4 Å². The molecular formula is C19H24N4O2S2. The van der Waals surface area contributed by atoms with Crippen LogP contribution in [0.15, 0.2) is 47.1 Å². The molecule has 0 radical (unpaired) electrons. The number of nitrogen functional groups attached to an aromatic ring is 1. The Morgan fingerprint density at radius 3 is 2.70 bits per heavy atom. The van der Waals surface area contributed by atoms with Crippen molar-refractivity contribution in [1.82, 2.24) is 14.9 Å². The summed E-state index contributed by atoms with van der Waals surface area (Å²) >= 11 is 0. The van der Waals surface area contributed by atoms with Crippen molar-refractivity contribution in [3.63, 3.8) is 0 Å². The normalized spacial score (nSPS) is 11.8. The third-order valence-electron chi connectivity index (χ3n) is 3.89. The summed E-state index contributed by atoms with van der Waals surface area (Å²) in [5.41, 5.74) is 8.66. The van der Waals surface area contributed by atoms with Gasteiger partial charge in [0, 0.05) is 41.1 Å². The van der Waals surface area contributed by atoms with Crippen LogP contribution >= 0.6 is 21.6 Å². The lowest BCUT2D eigenvalue weighted by atomic mass is 10.2. The van der Waals surface area contributed by atoms with Gasteiger partial charge in [0.2, 0.25) is 6.41 Å². The molecule has 0 spiro atoms. The smallest absolute Gasteiger partial charge is 0.214 e. The van der Waals surface area contributed by atoms with Gasteiger partial charge in [0.05, 0.1) is 6.54 Å². The Morgan fingerprint density at radius 1 is 1.33 bits per heavy atom. The fourth-order valence-electron chi connectivity index (χ4n) is 2.34. The summed E-state index contributed by atoms with van der Waals surface area (Å²) in [5.74, 6) is 1.81. The molecule has 0 aliphatic heterocycles. The largest absolute Gasteiger partial charge is 0.396 e. The number of nitrogens with two attached hydrogens (primary N) is 1. The maximum Gasteiger partial charge on any atom is 0.214 e. The van der Waals surface area contributed by atoms with Crippen molar-refractivity contribution in [3.8, 4) is 0 Å². The van der Waals surface area contributed by atoms with Gasteiger partial charge in [0.25, 0.3) is 0 Å². The van der Waals surface area contributed by atoms with Crippen molar-refractivity contribution in [3.05, 3.63) is 64.1 Å². The van der Waals surface area contributed by atoms with Gasteiger partial charge < -0.3 is 15.7 Å². The minimum absolute atomic E-state index is 0.0219. The van der Waals surface area contributed by atoms with E-state index >= 15 is 0 Å². The van der Waals surface area contributed by atoms with Crippen LogP contribution in [0.5, 0.6) is 0 Å². The first-order chi connectivity index (χ1) is 13.0. The fraction of sp³-hybridized carbons (Fsp3) is 0.316. The number of aliphatic hydroxyl groups is 1. The fourth-order valence-corrected chi connectivity index (χ4v) is 4.91. The number of allylic oxidation sites excluding steroid dienone is 1. The highest BCUT2D eigenvalue weighted by Crippen LogP contribution is 2.37. The van der Waals surface area contributed by atoms with E-state index in [0.29, 0.717) is 30.2 Å². The van der Waals surface area contributed by atoms with E-state index in [2.05, 4.69) is 22.1 Å². The molecular weight excluding hydrogens is 380 g/mol. The quantitative estimate of drug-likeness (QED) is 0.462. The molecule has 1 aromatic carbocycles. The summed E-state index contributed by atoms with van der Waals surface area (Å²) in [6, 6.07) is 10.2. The van der Waals surface area contributed by atoms with Crippen LogP contribution in [0.25, 0.3) is 0 Å². The van der Waals surface area contributed by atoms with Crippen molar-refractivity contribution < 1.29 is 9.90 Å². The first-order valence-corrected chi connectivity index (χ1v) is 10.8. The second-order valence-electron chi connectivity index (χ2n) is 5.87. The maximum atomic E-state index is 11.7. The van der Waals surface area contributed by atoms with E-state index in [1.165, 1.54) is 5.56 Å². The van der Waals surface area contributed by atoms with Gasteiger partial charge in [-0.3, -0.25) is 4.79 Å². The van der Waals surface area contributed by atoms with Crippen molar-refractivity contribution in [2.24, 2.45) is 0 Å². The predicted molar refractivity (Wildman–Crippen MR) is 113 cm³/mol. The van der Waals surface area contributed by atoms with E-state index in [9.17, 15) is 9.90 Å². The van der Waals surface area contributed by atoms with Crippen LogP contribution in [0.2, 0.25) is 0 Å². The Kier molecular flexibility index (Phi) is 8.63. The van der Waals surface area contributed by atoms with E-state index < -0.39 is 0 Å². The number of aliphatic hydroxyl groups excluding tert-OH is 1. The van der Waals surface area contributed by atoms with Crippen molar-refractivity contribution in [2.45, 2.75) is 32.6 Å². The first kappa shape index (κ1) is 21.3. The van der Waals surface area contributed by atoms with Crippen LogP contribution in [0.3, 0.4) is 0 Å². The van der Waals surface area contributed by atoms with E-state index in [-0.39, 0.29) is 6.61 Å². The molecule has 27 heavy (non-hydrogen) atoms. The summed E-state index contributed by atoms with van der Waals surface area (Å²) < 4.78 is 0.